The Kier molecular flexibility index (Phi) is 7.39. The fourth-order valence-corrected chi connectivity index (χ4v) is 1.75. The number of hydrogen-bond donors (Lipinski definition) is 1. The summed E-state index contributed by atoms with van der Waals surface area (Å²) in [5, 5.41) is 0. The Hall–Kier alpha value is -0.570. The molecule has 1 heterocycles. The lowest BCUT2D eigenvalue weighted by Gasteiger charge is -2.32. The highest BCUT2D eigenvalue weighted by Crippen LogP contribution is 2.17. The normalized spacial score (nSPS) is 17.3. The highest BCUT2D eigenvalue weighted by atomic mass is 16.2. The molecule has 2 N–H and O–H groups in total. The van der Waals surface area contributed by atoms with E-state index < -0.39 is 0 Å². The molecule has 0 bridgehead atoms. The highest BCUT2D eigenvalue weighted by molar-refractivity contribution is 5.78. The van der Waals surface area contributed by atoms with Crippen LogP contribution in [0.1, 0.15) is 42.0 Å². The van der Waals surface area contributed by atoms with Gasteiger partial charge in [-0.1, -0.05) is 27.7 Å². The van der Waals surface area contributed by atoms with E-state index in [1.54, 1.807) is 0 Å². The summed E-state index contributed by atoms with van der Waals surface area (Å²) in [6.07, 6.45) is 2.16. The van der Waals surface area contributed by atoms with Crippen LogP contribution in [0.4, 0.5) is 0 Å². The number of nitrogens with zero attached hydrogens (tertiary/aromatic N) is 1. The third-order valence-corrected chi connectivity index (χ3v) is 2.75. The van der Waals surface area contributed by atoms with Gasteiger partial charge in [0.25, 0.3) is 0 Å². The number of amides is 1. The third-order valence-electron chi connectivity index (χ3n) is 2.75. The molecular formula is C12H28N2O. The van der Waals surface area contributed by atoms with Crippen LogP contribution in [0, 0.1) is 11.8 Å². The van der Waals surface area contributed by atoms with Crippen molar-refractivity contribution < 1.29 is 6.22 Å². The lowest BCUT2D eigenvalue weighted by atomic mass is 9.96. The number of carbonyl (C=O) groups excluding carboxylic acids is 1. The molecule has 0 atom stereocenters. The number of rotatable bonds is 2. The molecule has 92 valence electrons. The van der Waals surface area contributed by atoms with Crippen molar-refractivity contribution in [2.75, 3.05) is 19.6 Å². The minimum absolute atomic E-state index is 0. The molecule has 0 aromatic carbocycles. The molecular weight excluding hydrogens is 188 g/mol. The van der Waals surface area contributed by atoms with Crippen LogP contribution < -0.4 is 5.73 Å². The second-order valence-electron chi connectivity index (χ2n) is 4.16. The van der Waals surface area contributed by atoms with E-state index in [-0.39, 0.29) is 13.3 Å². The highest BCUT2D eigenvalue weighted by Gasteiger charge is 2.23. The van der Waals surface area contributed by atoms with E-state index in [2.05, 4.69) is 0 Å². The Morgan fingerprint density at radius 3 is 2.20 bits per heavy atom. The molecule has 1 aliphatic heterocycles. The van der Waals surface area contributed by atoms with Gasteiger partial charge in [0.15, 0.2) is 0 Å². The Morgan fingerprint density at radius 2 is 1.87 bits per heavy atom. The maximum Gasteiger partial charge on any atom is 0.225 e. The van der Waals surface area contributed by atoms with Crippen LogP contribution in [0.5, 0.6) is 0 Å². The van der Waals surface area contributed by atoms with Gasteiger partial charge >= 0.3 is 0 Å². The van der Waals surface area contributed by atoms with Crippen molar-refractivity contribution >= 4 is 5.91 Å². The number of nitrogens with two attached hydrogens (primary N) is 1. The van der Waals surface area contributed by atoms with Gasteiger partial charge in [-0.15, -0.1) is 0 Å². The lowest BCUT2D eigenvalue weighted by Crippen LogP contribution is -2.41. The zero-order valence-corrected chi connectivity index (χ0v) is 10.6. The second-order valence-corrected chi connectivity index (χ2v) is 4.16. The summed E-state index contributed by atoms with van der Waals surface area (Å²) in [6.45, 7) is 10.5. The molecule has 1 fully saturated rings. The molecule has 0 spiro atoms. The van der Waals surface area contributed by atoms with Crippen molar-refractivity contribution in [2.24, 2.45) is 17.6 Å². The predicted molar refractivity (Wildman–Crippen MR) is 66.7 cm³/mol. The SMILES string of the molecule is CC.CC(C)C(=O)N1CCC(CN)CC1.[HH]. The molecule has 3 nitrogen and oxygen atoms in total. The first-order valence-electron chi connectivity index (χ1n) is 6.14. The first kappa shape index (κ1) is 14.4. The van der Waals surface area contributed by atoms with Crippen LogP contribution in [0.3, 0.4) is 0 Å². The Morgan fingerprint density at radius 1 is 1.40 bits per heavy atom. The average Bonchev–Trinajstić information content (AvgIpc) is 2.31. The van der Waals surface area contributed by atoms with Crippen molar-refractivity contribution in [2.45, 2.75) is 40.5 Å². The standard InChI is InChI=1S/C10H20N2O.C2H6.H2/c1-8(2)10(13)12-5-3-9(7-11)4-6-12;1-2;/h8-9H,3-7,11H2,1-2H3;1-2H3;1H. The fourth-order valence-electron chi connectivity index (χ4n) is 1.75. The lowest BCUT2D eigenvalue weighted by molar-refractivity contribution is -0.135. The molecule has 1 amide bonds. The average molecular weight is 216 g/mol. The first-order valence-corrected chi connectivity index (χ1v) is 6.14. The number of likely N-dealkylation sites (tertiary alicyclic amines) is 1. The fraction of sp³-hybridized carbons (Fsp3) is 0.917. The van der Waals surface area contributed by atoms with Gasteiger partial charge in [0, 0.05) is 20.4 Å². The first-order chi connectivity index (χ1) is 7.15. The molecule has 3 heteroatoms. The quantitative estimate of drug-likeness (QED) is 0.768. The maximum absolute atomic E-state index is 11.6. The number of piperidine rings is 1. The van der Waals surface area contributed by atoms with Crippen molar-refractivity contribution in [3.05, 3.63) is 0 Å². The Balaban J connectivity index is 0. The third kappa shape index (κ3) is 4.65. The van der Waals surface area contributed by atoms with Gasteiger partial charge in [0.2, 0.25) is 5.91 Å². The summed E-state index contributed by atoms with van der Waals surface area (Å²) in [4.78, 5) is 13.6. The molecule has 1 aliphatic rings. The predicted octanol–water partition coefficient (Wildman–Crippen LogP) is 2.11. The number of carbonyl (C=O) groups is 1. The smallest absolute Gasteiger partial charge is 0.225 e. The topological polar surface area (TPSA) is 46.3 Å². The van der Waals surface area contributed by atoms with Crippen molar-refractivity contribution in [3.8, 4) is 0 Å². The van der Waals surface area contributed by atoms with E-state index in [9.17, 15) is 4.79 Å². The van der Waals surface area contributed by atoms with Crippen LogP contribution in [0.2, 0.25) is 0 Å². The minimum atomic E-state index is 0. The summed E-state index contributed by atoms with van der Waals surface area (Å²) >= 11 is 0. The molecule has 0 unspecified atom stereocenters. The van der Waals surface area contributed by atoms with Crippen LogP contribution in [-0.4, -0.2) is 30.4 Å². The summed E-state index contributed by atoms with van der Waals surface area (Å²) in [5.74, 6) is 1.06. The molecule has 1 saturated heterocycles. The molecule has 0 aliphatic carbocycles. The van der Waals surface area contributed by atoms with E-state index >= 15 is 0 Å². The van der Waals surface area contributed by atoms with E-state index in [4.69, 9.17) is 5.73 Å². The summed E-state index contributed by atoms with van der Waals surface area (Å²) in [5.41, 5.74) is 5.58. The molecule has 0 radical (unpaired) electrons. The van der Waals surface area contributed by atoms with E-state index in [1.807, 2.05) is 32.6 Å². The monoisotopic (exact) mass is 216 g/mol. The van der Waals surface area contributed by atoms with Crippen molar-refractivity contribution in [1.82, 2.24) is 4.90 Å². The van der Waals surface area contributed by atoms with Crippen LogP contribution in [0.25, 0.3) is 0 Å². The second kappa shape index (κ2) is 7.69. The van der Waals surface area contributed by atoms with Gasteiger partial charge < -0.3 is 10.6 Å². The Bertz CT molecular complexity index is 178. The van der Waals surface area contributed by atoms with Gasteiger partial charge in [-0.05, 0) is 25.3 Å². The van der Waals surface area contributed by atoms with E-state index in [0.29, 0.717) is 5.92 Å². The zero-order chi connectivity index (χ0) is 11.8. The van der Waals surface area contributed by atoms with Gasteiger partial charge in [0.1, 0.15) is 0 Å². The molecule has 1 rings (SSSR count). The van der Waals surface area contributed by atoms with E-state index in [0.717, 1.165) is 32.5 Å². The summed E-state index contributed by atoms with van der Waals surface area (Å²) < 4.78 is 0. The van der Waals surface area contributed by atoms with E-state index in [1.165, 1.54) is 0 Å². The minimum Gasteiger partial charge on any atom is -0.342 e. The van der Waals surface area contributed by atoms with Crippen LogP contribution in [-0.2, 0) is 4.79 Å². The summed E-state index contributed by atoms with van der Waals surface area (Å²) in [7, 11) is 0. The molecule has 0 aromatic rings. The van der Waals surface area contributed by atoms with Gasteiger partial charge in [0.05, 0.1) is 0 Å². The van der Waals surface area contributed by atoms with Crippen LogP contribution in [0.15, 0.2) is 0 Å². The van der Waals surface area contributed by atoms with Crippen molar-refractivity contribution in [3.63, 3.8) is 0 Å². The zero-order valence-electron chi connectivity index (χ0n) is 10.6. The molecule has 0 saturated carbocycles. The summed E-state index contributed by atoms with van der Waals surface area (Å²) in [6, 6.07) is 0. The van der Waals surface area contributed by atoms with Crippen molar-refractivity contribution in [1.29, 1.82) is 0 Å². The maximum atomic E-state index is 11.6. The van der Waals surface area contributed by atoms with Crippen LogP contribution >= 0.6 is 0 Å². The van der Waals surface area contributed by atoms with Gasteiger partial charge in [-0.25, -0.2) is 0 Å². The van der Waals surface area contributed by atoms with Gasteiger partial charge in [-0.3, -0.25) is 4.79 Å². The molecule has 0 aromatic heterocycles. The largest absolute Gasteiger partial charge is 0.342 e. The number of hydrogen-bond acceptors (Lipinski definition) is 2. The van der Waals surface area contributed by atoms with Gasteiger partial charge in [-0.2, -0.15) is 0 Å². The Labute approximate surface area is 95.5 Å². The molecule has 15 heavy (non-hydrogen) atoms.